The van der Waals surface area contributed by atoms with Gasteiger partial charge in [-0.3, -0.25) is 0 Å². The van der Waals surface area contributed by atoms with Gasteiger partial charge in [0.05, 0.1) is 22.3 Å². The van der Waals surface area contributed by atoms with Gasteiger partial charge in [0, 0.05) is 18.8 Å². The molecule has 0 spiro atoms. The van der Waals surface area contributed by atoms with Crippen LogP contribution in [0.25, 0.3) is 0 Å². The molecule has 0 unspecified atom stereocenters. The van der Waals surface area contributed by atoms with Gasteiger partial charge in [0.2, 0.25) is 0 Å². The molecule has 0 heterocycles. The number of hydrogen-bond donors (Lipinski definition) is 1. The Morgan fingerprint density at radius 2 is 2.00 bits per heavy atom. The lowest BCUT2D eigenvalue weighted by Crippen LogP contribution is -2.11. The summed E-state index contributed by atoms with van der Waals surface area (Å²) in [7, 11) is 1.92. The van der Waals surface area contributed by atoms with E-state index in [-0.39, 0.29) is 6.04 Å². The number of rotatable bonds is 3. The number of nitriles is 1. The number of halogens is 1. The largest absolute Gasteiger partial charge is 0.343 e. The summed E-state index contributed by atoms with van der Waals surface area (Å²) >= 11 is 6.33. The third-order valence-electron chi connectivity index (χ3n) is 3.22. The van der Waals surface area contributed by atoms with E-state index in [2.05, 4.69) is 6.07 Å². The first-order chi connectivity index (χ1) is 9.52. The minimum absolute atomic E-state index is 0.0474. The van der Waals surface area contributed by atoms with E-state index in [9.17, 15) is 0 Å². The fourth-order valence-electron chi connectivity index (χ4n) is 2.00. The van der Waals surface area contributed by atoms with Gasteiger partial charge in [0.1, 0.15) is 0 Å². The molecule has 2 aromatic carbocycles. The number of anilines is 2. The van der Waals surface area contributed by atoms with Crippen molar-refractivity contribution in [3.63, 3.8) is 0 Å². The predicted octanol–water partition coefficient (Wildman–Crippen LogP) is 4.00. The van der Waals surface area contributed by atoms with E-state index in [1.807, 2.05) is 55.3 Å². The Morgan fingerprint density at radius 1 is 1.25 bits per heavy atom. The molecule has 0 amide bonds. The summed E-state index contributed by atoms with van der Waals surface area (Å²) in [6.07, 6.45) is 0. The highest BCUT2D eigenvalue weighted by atomic mass is 35.5. The second-order valence-corrected chi connectivity index (χ2v) is 5.13. The van der Waals surface area contributed by atoms with Gasteiger partial charge < -0.3 is 10.6 Å². The minimum Gasteiger partial charge on any atom is -0.343 e. The SMILES string of the molecule is C[C@@H](N)c1ccc(N(C)c2cccc(C#N)c2)c(Cl)c1. The van der Waals surface area contributed by atoms with E-state index < -0.39 is 0 Å². The average molecular weight is 286 g/mol. The molecule has 4 heteroatoms. The van der Waals surface area contributed by atoms with Crippen LogP contribution in [0, 0.1) is 11.3 Å². The van der Waals surface area contributed by atoms with Crippen LogP contribution in [0.3, 0.4) is 0 Å². The first-order valence-corrected chi connectivity index (χ1v) is 6.69. The molecule has 0 aromatic heterocycles. The van der Waals surface area contributed by atoms with Crippen LogP contribution >= 0.6 is 11.6 Å². The summed E-state index contributed by atoms with van der Waals surface area (Å²) in [6.45, 7) is 1.92. The molecule has 2 rings (SSSR count). The summed E-state index contributed by atoms with van der Waals surface area (Å²) in [4.78, 5) is 1.95. The Hall–Kier alpha value is -2.02. The Balaban J connectivity index is 2.38. The fourth-order valence-corrected chi connectivity index (χ4v) is 2.32. The molecule has 0 saturated carbocycles. The Morgan fingerprint density at radius 3 is 2.60 bits per heavy atom. The lowest BCUT2D eigenvalue weighted by atomic mass is 10.1. The highest BCUT2D eigenvalue weighted by Crippen LogP contribution is 2.32. The second-order valence-electron chi connectivity index (χ2n) is 4.72. The normalized spacial score (nSPS) is 11.8. The zero-order chi connectivity index (χ0) is 14.7. The van der Waals surface area contributed by atoms with Crippen molar-refractivity contribution in [2.24, 2.45) is 5.73 Å². The van der Waals surface area contributed by atoms with E-state index >= 15 is 0 Å². The fraction of sp³-hybridized carbons (Fsp3) is 0.188. The smallest absolute Gasteiger partial charge is 0.0992 e. The number of benzene rings is 2. The molecule has 2 N–H and O–H groups in total. The predicted molar refractivity (Wildman–Crippen MR) is 83.3 cm³/mol. The average Bonchev–Trinajstić information content (AvgIpc) is 2.46. The van der Waals surface area contributed by atoms with Crippen LogP contribution in [-0.2, 0) is 0 Å². The van der Waals surface area contributed by atoms with Gasteiger partial charge in [0.15, 0.2) is 0 Å². The standard InChI is InChI=1S/C16H16ClN3/c1-11(19)13-6-7-16(15(17)9-13)20(2)14-5-3-4-12(8-14)10-18/h3-9,11H,19H2,1-2H3/t11-/m1/s1. The third kappa shape index (κ3) is 2.93. The molecule has 0 aliphatic carbocycles. The monoisotopic (exact) mass is 285 g/mol. The molecule has 0 aliphatic rings. The molecular formula is C16H16ClN3. The van der Waals surface area contributed by atoms with Gasteiger partial charge in [-0.1, -0.05) is 23.7 Å². The van der Waals surface area contributed by atoms with Crippen LogP contribution in [0.5, 0.6) is 0 Å². The van der Waals surface area contributed by atoms with Crippen LogP contribution in [0.4, 0.5) is 11.4 Å². The van der Waals surface area contributed by atoms with Crippen molar-refractivity contribution in [3.8, 4) is 6.07 Å². The first kappa shape index (κ1) is 14.4. The zero-order valence-corrected chi connectivity index (χ0v) is 12.2. The van der Waals surface area contributed by atoms with Crippen molar-refractivity contribution in [3.05, 3.63) is 58.6 Å². The Kier molecular flexibility index (Phi) is 4.29. The molecule has 0 saturated heterocycles. The van der Waals surface area contributed by atoms with Crippen LogP contribution < -0.4 is 10.6 Å². The number of nitrogens with zero attached hydrogens (tertiary/aromatic N) is 2. The molecule has 0 aliphatic heterocycles. The van der Waals surface area contributed by atoms with Gasteiger partial charge in [-0.2, -0.15) is 5.26 Å². The van der Waals surface area contributed by atoms with Crippen LogP contribution in [-0.4, -0.2) is 7.05 Å². The van der Waals surface area contributed by atoms with Crippen molar-refractivity contribution in [1.82, 2.24) is 0 Å². The maximum atomic E-state index is 8.96. The summed E-state index contributed by atoms with van der Waals surface area (Å²) in [5, 5.41) is 9.60. The third-order valence-corrected chi connectivity index (χ3v) is 3.52. The second kappa shape index (κ2) is 5.96. The maximum absolute atomic E-state index is 8.96. The highest BCUT2D eigenvalue weighted by molar-refractivity contribution is 6.33. The molecule has 1 atom stereocenters. The maximum Gasteiger partial charge on any atom is 0.0992 e. The quantitative estimate of drug-likeness (QED) is 0.927. The molecule has 0 radical (unpaired) electrons. The van der Waals surface area contributed by atoms with Crippen LogP contribution in [0.1, 0.15) is 24.1 Å². The van der Waals surface area contributed by atoms with Crippen molar-refractivity contribution in [2.75, 3.05) is 11.9 Å². The van der Waals surface area contributed by atoms with Gasteiger partial charge >= 0.3 is 0 Å². The highest BCUT2D eigenvalue weighted by Gasteiger charge is 2.10. The molecule has 0 fully saturated rings. The Labute approximate surface area is 124 Å². The summed E-state index contributed by atoms with van der Waals surface area (Å²) < 4.78 is 0. The molecule has 3 nitrogen and oxygen atoms in total. The molecule has 2 aromatic rings. The topological polar surface area (TPSA) is 53.0 Å². The Bertz CT molecular complexity index is 659. The van der Waals surface area contributed by atoms with Gasteiger partial charge in [-0.05, 0) is 42.8 Å². The van der Waals surface area contributed by atoms with Crippen molar-refractivity contribution < 1.29 is 0 Å². The first-order valence-electron chi connectivity index (χ1n) is 6.32. The molecule has 0 bridgehead atoms. The lowest BCUT2D eigenvalue weighted by molar-refractivity contribution is 0.818. The van der Waals surface area contributed by atoms with Gasteiger partial charge in [-0.25, -0.2) is 0 Å². The summed E-state index contributed by atoms with van der Waals surface area (Å²) in [5.74, 6) is 0. The van der Waals surface area contributed by atoms with E-state index in [1.54, 1.807) is 6.07 Å². The molecule has 102 valence electrons. The van der Waals surface area contributed by atoms with Crippen molar-refractivity contribution in [1.29, 1.82) is 5.26 Å². The number of nitrogens with two attached hydrogens (primary N) is 1. The molecule has 20 heavy (non-hydrogen) atoms. The van der Waals surface area contributed by atoms with Crippen LogP contribution in [0.2, 0.25) is 5.02 Å². The van der Waals surface area contributed by atoms with E-state index in [0.717, 1.165) is 16.9 Å². The van der Waals surface area contributed by atoms with Crippen LogP contribution in [0.15, 0.2) is 42.5 Å². The van der Waals surface area contributed by atoms with E-state index in [0.29, 0.717) is 10.6 Å². The van der Waals surface area contributed by atoms with E-state index in [1.165, 1.54) is 0 Å². The van der Waals surface area contributed by atoms with Gasteiger partial charge in [-0.15, -0.1) is 0 Å². The van der Waals surface area contributed by atoms with E-state index in [4.69, 9.17) is 22.6 Å². The van der Waals surface area contributed by atoms with Crippen molar-refractivity contribution in [2.45, 2.75) is 13.0 Å². The zero-order valence-electron chi connectivity index (χ0n) is 11.5. The minimum atomic E-state index is -0.0474. The molecular weight excluding hydrogens is 270 g/mol. The summed E-state index contributed by atoms with van der Waals surface area (Å²) in [6, 6.07) is 15.3. The summed E-state index contributed by atoms with van der Waals surface area (Å²) in [5.41, 5.74) is 9.27. The van der Waals surface area contributed by atoms with Gasteiger partial charge in [0.25, 0.3) is 0 Å². The lowest BCUT2D eigenvalue weighted by Gasteiger charge is -2.22. The van der Waals surface area contributed by atoms with Crippen molar-refractivity contribution >= 4 is 23.0 Å². The number of hydrogen-bond acceptors (Lipinski definition) is 3.